The maximum absolute atomic E-state index is 9.36. The fourth-order valence-electron chi connectivity index (χ4n) is 2.64. The first-order chi connectivity index (χ1) is 8.65. The Morgan fingerprint density at radius 3 is 2.50 bits per heavy atom. The van der Waals surface area contributed by atoms with Gasteiger partial charge in [0.25, 0.3) is 0 Å². The fourth-order valence-corrected chi connectivity index (χ4v) is 2.64. The molecule has 0 amide bonds. The Hall–Kier alpha value is -0.590. The van der Waals surface area contributed by atoms with Gasteiger partial charge in [-0.25, -0.2) is 0 Å². The first kappa shape index (κ1) is 13.8. The summed E-state index contributed by atoms with van der Waals surface area (Å²) in [5.74, 6) is 0.926. The van der Waals surface area contributed by atoms with Gasteiger partial charge in [-0.1, -0.05) is 13.3 Å². The smallest absolute Gasteiger partial charge is 0.105 e. The average molecular weight is 249 g/mol. The first-order valence-corrected chi connectivity index (χ1v) is 7.56. The van der Waals surface area contributed by atoms with Crippen molar-refractivity contribution in [1.29, 1.82) is 5.26 Å². The van der Waals surface area contributed by atoms with Crippen LogP contribution in [-0.4, -0.2) is 36.1 Å². The molecule has 2 fully saturated rings. The molecule has 3 nitrogen and oxygen atoms in total. The van der Waals surface area contributed by atoms with Crippen LogP contribution in [0.4, 0.5) is 0 Å². The van der Waals surface area contributed by atoms with Gasteiger partial charge in [-0.2, -0.15) is 5.26 Å². The van der Waals surface area contributed by atoms with Gasteiger partial charge >= 0.3 is 0 Å². The Morgan fingerprint density at radius 2 is 2.06 bits per heavy atom. The molecule has 0 radical (unpaired) electrons. The van der Waals surface area contributed by atoms with Crippen LogP contribution in [0.1, 0.15) is 52.4 Å². The molecule has 0 aromatic rings. The van der Waals surface area contributed by atoms with E-state index in [-0.39, 0.29) is 5.54 Å². The second-order valence-electron chi connectivity index (χ2n) is 6.30. The summed E-state index contributed by atoms with van der Waals surface area (Å²) in [4.78, 5) is 2.52. The van der Waals surface area contributed by atoms with Gasteiger partial charge in [0, 0.05) is 19.1 Å². The van der Waals surface area contributed by atoms with E-state index in [4.69, 9.17) is 0 Å². The van der Waals surface area contributed by atoms with E-state index in [9.17, 15) is 5.26 Å². The van der Waals surface area contributed by atoms with Gasteiger partial charge in [-0.3, -0.25) is 5.32 Å². The molecule has 102 valence electrons. The third-order valence-electron chi connectivity index (χ3n) is 4.46. The Morgan fingerprint density at radius 1 is 1.33 bits per heavy atom. The monoisotopic (exact) mass is 249 g/mol. The van der Waals surface area contributed by atoms with E-state index in [1.54, 1.807) is 0 Å². The summed E-state index contributed by atoms with van der Waals surface area (Å²) < 4.78 is 0. The number of hydrogen-bond donors (Lipinski definition) is 1. The fraction of sp³-hybridized carbons (Fsp3) is 0.933. The summed E-state index contributed by atoms with van der Waals surface area (Å²) in [7, 11) is 0. The van der Waals surface area contributed by atoms with Crippen LogP contribution < -0.4 is 5.32 Å². The lowest BCUT2D eigenvalue weighted by Crippen LogP contribution is -2.45. The van der Waals surface area contributed by atoms with Crippen LogP contribution in [0.5, 0.6) is 0 Å². The van der Waals surface area contributed by atoms with E-state index in [2.05, 4.69) is 30.1 Å². The summed E-state index contributed by atoms with van der Waals surface area (Å²) in [5, 5.41) is 12.8. The molecule has 3 heteroatoms. The molecule has 0 aromatic heterocycles. The van der Waals surface area contributed by atoms with Crippen LogP contribution in [0.3, 0.4) is 0 Å². The number of nitrogens with zero attached hydrogens (tertiary/aromatic N) is 2. The highest BCUT2D eigenvalue weighted by Gasteiger charge is 2.32. The minimum Gasteiger partial charge on any atom is -0.303 e. The van der Waals surface area contributed by atoms with Gasteiger partial charge in [-0.05, 0) is 51.5 Å². The van der Waals surface area contributed by atoms with Crippen LogP contribution in [0.25, 0.3) is 0 Å². The van der Waals surface area contributed by atoms with Gasteiger partial charge in [0.2, 0.25) is 0 Å². The van der Waals surface area contributed by atoms with Crippen LogP contribution in [-0.2, 0) is 0 Å². The highest BCUT2D eigenvalue weighted by atomic mass is 15.1. The largest absolute Gasteiger partial charge is 0.303 e. The van der Waals surface area contributed by atoms with Crippen molar-refractivity contribution in [3.63, 3.8) is 0 Å². The number of rotatable bonds is 8. The van der Waals surface area contributed by atoms with Gasteiger partial charge in [-0.15, -0.1) is 0 Å². The van der Waals surface area contributed by atoms with Crippen molar-refractivity contribution in [3.05, 3.63) is 0 Å². The second kappa shape index (κ2) is 6.04. The Bertz CT molecular complexity index is 301. The number of nitrogens with one attached hydrogen (secondary N) is 1. The van der Waals surface area contributed by atoms with Crippen molar-refractivity contribution in [2.75, 3.05) is 19.6 Å². The molecule has 0 heterocycles. The Labute approximate surface area is 112 Å². The van der Waals surface area contributed by atoms with Crippen molar-refractivity contribution in [3.8, 4) is 6.07 Å². The average Bonchev–Trinajstić information content (AvgIpc) is 3.11. The molecule has 0 bridgehead atoms. The second-order valence-corrected chi connectivity index (χ2v) is 6.30. The molecular formula is C15H27N3. The molecule has 1 atom stereocenters. The third-order valence-corrected chi connectivity index (χ3v) is 4.46. The maximum Gasteiger partial charge on any atom is 0.105 e. The molecule has 2 rings (SSSR count). The number of hydrogen-bond acceptors (Lipinski definition) is 3. The predicted molar refractivity (Wildman–Crippen MR) is 74.2 cm³/mol. The Kier molecular flexibility index (Phi) is 4.64. The zero-order valence-electron chi connectivity index (χ0n) is 11.9. The molecule has 0 spiro atoms. The summed E-state index contributed by atoms with van der Waals surface area (Å²) in [6, 6.07) is 3.08. The quantitative estimate of drug-likeness (QED) is 0.718. The molecule has 2 aliphatic rings. The van der Waals surface area contributed by atoms with Crippen molar-refractivity contribution < 1.29 is 0 Å². The maximum atomic E-state index is 9.36. The van der Waals surface area contributed by atoms with Crippen molar-refractivity contribution in [2.45, 2.75) is 64.0 Å². The normalized spacial score (nSPS) is 23.4. The molecule has 1 unspecified atom stereocenters. The van der Waals surface area contributed by atoms with E-state index in [0.29, 0.717) is 6.04 Å². The van der Waals surface area contributed by atoms with Crippen LogP contribution in [0, 0.1) is 17.2 Å². The third kappa shape index (κ3) is 3.96. The standard InChI is InChI=1S/C15H27N3/c1-3-18(11-13-5-4-6-13)10-9-15(2,12-16)17-14-7-8-14/h13-14,17H,3-11H2,1-2H3. The lowest BCUT2D eigenvalue weighted by atomic mass is 9.85. The van der Waals surface area contributed by atoms with Crippen molar-refractivity contribution in [1.82, 2.24) is 10.2 Å². The SMILES string of the molecule is CCN(CCC(C)(C#N)NC1CC1)CC1CCC1. The van der Waals surface area contributed by atoms with E-state index in [1.165, 1.54) is 38.6 Å². The molecule has 0 saturated heterocycles. The van der Waals surface area contributed by atoms with E-state index < -0.39 is 0 Å². The number of nitriles is 1. The first-order valence-electron chi connectivity index (χ1n) is 7.56. The summed E-state index contributed by atoms with van der Waals surface area (Å²) in [6.07, 6.45) is 7.67. The molecule has 18 heavy (non-hydrogen) atoms. The van der Waals surface area contributed by atoms with Gasteiger partial charge in [0.15, 0.2) is 0 Å². The highest BCUT2D eigenvalue weighted by molar-refractivity contribution is 5.07. The lowest BCUT2D eigenvalue weighted by Gasteiger charge is -2.33. The van der Waals surface area contributed by atoms with Crippen molar-refractivity contribution >= 4 is 0 Å². The molecule has 0 aromatic carbocycles. The molecule has 0 aliphatic heterocycles. The van der Waals surface area contributed by atoms with Crippen LogP contribution in [0.15, 0.2) is 0 Å². The van der Waals surface area contributed by atoms with Crippen molar-refractivity contribution in [2.24, 2.45) is 5.92 Å². The summed E-state index contributed by atoms with van der Waals surface area (Å²) >= 11 is 0. The Balaban J connectivity index is 1.73. The van der Waals surface area contributed by atoms with Gasteiger partial charge < -0.3 is 4.90 Å². The lowest BCUT2D eigenvalue weighted by molar-refractivity contribution is 0.173. The molecular weight excluding hydrogens is 222 g/mol. The predicted octanol–water partition coefficient (Wildman–Crippen LogP) is 2.53. The molecule has 2 aliphatic carbocycles. The topological polar surface area (TPSA) is 39.1 Å². The van der Waals surface area contributed by atoms with Crippen LogP contribution in [0.2, 0.25) is 0 Å². The van der Waals surface area contributed by atoms with Gasteiger partial charge in [0.1, 0.15) is 5.54 Å². The van der Waals surface area contributed by atoms with E-state index in [1.807, 2.05) is 0 Å². The summed E-state index contributed by atoms with van der Waals surface area (Å²) in [6.45, 7) is 7.69. The minimum absolute atomic E-state index is 0.325. The van der Waals surface area contributed by atoms with Crippen LogP contribution >= 0.6 is 0 Å². The zero-order valence-corrected chi connectivity index (χ0v) is 11.9. The minimum atomic E-state index is -0.325. The molecule has 1 N–H and O–H groups in total. The van der Waals surface area contributed by atoms with E-state index in [0.717, 1.165) is 25.4 Å². The van der Waals surface area contributed by atoms with Gasteiger partial charge in [0.05, 0.1) is 6.07 Å². The highest BCUT2D eigenvalue weighted by Crippen LogP contribution is 2.28. The summed E-state index contributed by atoms with van der Waals surface area (Å²) in [5.41, 5.74) is -0.325. The zero-order chi connectivity index (χ0) is 13.0. The van der Waals surface area contributed by atoms with E-state index >= 15 is 0 Å². The molecule has 2 saturated carbocycles.